The van der Waals surface area contributed by atoms with Crippen LogP contribution in [0.3, 0.4) is 0 Å². The van der Waals surface area contributed by atoms with Crippen molar-refractivity contribution in [2.24, 2.45) is 11.1 Å². The molecule has 0 spiro atoms. The van der Waals surface area contributed by atoms with Crippen LogP contribution in [0.25, 0.3) is 0 Å². The maximum absolute atomic E-state index is 5.82. The summed E-state index contributed by atoms with van der Waals surface area (Å²) in [5.41, 5.74) is 6.83. The highest BCUT2D eigenvalue weighted by Crippen LogP contribution is 2.23. The first kappa shape index (κ1) is 15.1. The van der Waals surface area contributed by atoms with Crippen molar-refractivity contribution in [2.45, 2.75) is 39.7 Å². The molecule has 1 aromatic carbocycles. The van der Waals surface area contributed by atoms with E-state index in [-0.39, 0.29) is 11.5 Å². The summed E-state index contributed by atoms with van der Waals surface area (Å²) in [5.74, 6) is 0. The molecule has 2 nitrogen and oxygen atoms in total. The summed E-state index contributed by atoms with van der Waals surface area (Å²) in [5, 5.41) is 0. The number of hydrogen-bond acceptors (Lipinski definition) is 2. The molecule has 0 aliphatic rings. The summed E-state index contributed by atoms with van der Waals surface area (Å²) < 4.78 is 5.82. The van der Waals surface area contributed by atoms with Gasteiger partial charge in [0.15, 0.2) is 0 Å². The molecule has 2 N–H and O–H groups in total. The largest absolute Gasteiger partial charge is 0.393 e. The monoisotopic (exact) mass is 265 g/mol. The summed E-state index contributed by atoms with van der Waals surface area (Å²) in [7, 11) is 0. The highest BCUT2D eigenvalue weighted by molar-refractivity contribution is 7.80. The van der Waals surface area contributed by atoms with Gasteiger partial charge in [-0.15, -0.1) is 0 Å². The maximum Gasteiger partial charge on any atom is 0.0796 e. The second kappa shape index (κ2) is 6.86. The molecule has 0 bridgehead atoms. The molecule has 0 saturated carbocycles. The molecule has 0 amide bonds. The molecule has 3 heteroatoms. The molecule has 1 aromatic rings. The van der Waals surface area contributed by atoms with Crippen molar-refractivity contribution in [3.8, 4) is 0 Å². The fourth-order valence-electron chi connectivity index (χ4n) is 1.72. The van der Waals surface area contributed by atoms with Crippen molar-refractivity contribution >= 4 is 17.2 Å². The van der Waals surface area contributed by atoms with E-state index < -0.39 is 0 Å². The molecule has 0 fully saturated rings. The second-order valence-corrected chi connectivity index (χ2v) is 5.72. The lowest BCUT2D eigenvalue weighted by Gasteiger charge is -2.23. The van der Waals surface area contributed by atoms with Gasteiger partial charge in [0, 0.05) is 12.0 Å². The van der Waals surface area contributed by atoms with Crippen molar-refractivity contribution in [3.63, 3.8) is 0 Å². The number of nitrogens with two attached hydrogens (primary N) is 1. The molecule has 0 saturated heterocycles. The fourth-order valence-corrected chi connectivity index (χ4v) is 1.82. The van der Waals surface area contributed by atoms with Crippen LogP contribution in [-0.4, -0.2) is 11.6 Å². The third-order valence-electron chi connectivity index (χ3n) is 3.25. The zero-order valence-electron chi connectivity index (χ0n) is 11.5. The van der Waals surface area contributed by atoms with E-state index in [1.807, 2.05) is 18.2 Å². The van der Waals surface area contributed by atoms with E-state index in [9.17, 15) is 0 Å². The van der Waals surface area contributed by atoms with E-state index in [0.29, 0.717) is 4.99 Å². The van der Waals surface area contributed by atoms with Gasteiger partial charge in [0.2, 0.25) is 0 Å². The minimum atomic E-state index is -0.0747. The lowest BCUT2D eigenvalue weighted by molar-refractivity contribution is 0.0602. The van der Waals surface area contributed by atoms with Gasteiger partial charge >= 0.3 is 0 Å². The summed E-state index contributed by atoms with van der Waals surface area (Å²) in [6.07, 6.45) is 2.07. The van der Waals surface area contributed by atoms with E-state index in [2.05, 4.69) is 32.9 Å². The third kappa shape index (κ3) is 4.75. The molecule has 100 valence electrons. The lowest BCUT2D eigenvalue weighted by Crippen LogP contribution is -2.29. The summed E-state index contributed by atoms with van der Waals surface area (Å²) in [4.78, 5) is 0.582. The Morgan fingerprint density at radius 3 is 2.50 bits per heavy atom. The first-order valence-corrected chi connectivity index (χ1v) is 6.81. The predicted molar refractivity (Wildman–Crippen MR) is 80.6 cm³/mol. The van der Waals surface area contributed by atoms with Crippen molar-refractivity contribution < 1.29 is 4.74 Å². The summed E-state index contributed by atoms with van der Waals surface area (Å²) in [6, 6.07) is 10.3. The Bertz CT molecular complexity index is 375. The van der Waals surface area contributed by atoms with Crippen LogP contribution in [0.2, 0.25) is 0 Å². The van der Waals surface area contributed by atoms with Crippen molar-refractivity contribution in [3.05, 3.63) is 35.9 Å². The molecule has 0 aliphatic carbocycles. The van der Waals surface area contributed by atoms with Gasteiger partial charge in [0.1, 0.15) is 0 Å². The Morgan fingerprint density at radius 1 is 1.33 bits per heavy atom. The van der Waals surface area contributed by atoms with E-state index in [1.165, 1.54) is 5.56 Å². The van der Waals surface area contributed by atoms with Crippen LogP contribution in [0.5, 0.6) is 0 Å². The van der Waals surface area contributed by atoms with E-state index >= 15 is 0 Å². The molecule has 0 aliphatic heterocycles. The molecular weight excluding hydrogens is 242 g/mol. The van der Waals surface area contributed by atoms with Gasteiger partial charge in [0.25, 0.3) is 0 Å². The topological polar surface area (TPSA) is 35.2 Å². The Morgan fingerprint density at radius 2 is 1.94 bits per heavy atom. The quantitative estimate of drug-likeness (QED) is 0.600. The molecule has 18 heavy (non-hydrogen) atoms. The highest BCUT2D eigenvalue weighted by atomic mass is 32.1. The number of hydrogen-bond donors (Lipinski definition) is 1. The molecule has 1 atom stereocenters. The summed E-state index contributed by atoms with van der Waals surface area (Å²) >= 11 is 5.05. The normalized spacial score (nSPS) is 13.3. The molecule has 0 heterocycles. The van der Waals surface area contributed by atoms with Crippen molar-refractivity contribution in [1.29, 1.82) is 0 Å². The minimum Gasteiger partial charge on any atom is -0.393 e. The van der Waals surface area contributed by atoms with E-state index in [1.54, 1.807) is 0 Å². The molecule has 0 radical (unpaired) electrons. The van der Waals surface area contributed by atoms with E-state index in [4.69, 9.17) is 22.7 Å². The van der Waals surface area contributed by atoms with Crippen LogP contribution in [-0.2, 0) is 4.74 Å². The highest BCUT2D eigenvalue weighted by Gasteiger charge is 2.20. The Labute approximate surface area is 116 Å². The molecule has 1 rings (SSSR count). The van der Waals surface area contributed by atoms with Gasteiger partial charge in [-0.1, -0.05) is 56.4 Å². The molecule has 0 aromatic heterocycles. The summed E-state index contributed by atoms with van der Waals surface area (Å²) in [6.45, 7) is 6.97. The van der Waals surface area contributed by atoms with Gasteiger partial charge in [-0.2, -0.15) is 0 Å². The SMILES string of the molecule is CC(OCCCC(C)(C)C(N)=S)c1ccccc1. The van der Waals surface area contributed by atoms with Crippen LogP contribution in [0.4, 0.5) is 0 Å². The van der Waals surface area contributed by atoms with Crippen molar-refractivity contribution in [1.82, 2.24) is 0 Å². The Hall–Kier alpha value is -0.930. The molecule has 1 unspecified atom stereocenters. The maximum atomic E-state index is 5.82. The second-order valence-electron chi connectivity index (χ2n) is 5.28. The number of rotatable bonds is 7. The van der Waals surface area contributed by atoms with Gasteiger partial charge in [-0.3, -0.25) is 0 Å². The zero-order valence-corrected chi connectivity index (χ0v) is 12.3. The van der Waals surface area contributed by atoms with Crippen molar-refractivity contribution in [2.75, 3.05) is 6.61 Å². The number of thiocarbonyl (C=S) groups is 1. The number of ether oxygens (including phenoxy) is 1. The minimum absolute atomic E-state index is 0.0747. The Balaban J connectivity index is 2.29. The van der Waals surface area contributed by atoms with Crippen LogP contribution in [0.15, 0.2) is 30.3 Å². The van der Waals surface area contributed by atoms with Gasteiger partial charge in [-0.05, 0) is 25.3 Å². The van der Waals surface area contributed by atoms with Crippen LogP contribution in [0, 0.1) is 5.41 Å². The van der Waals surface area contributed by atoms with Crippen LogP contribution in [0.1, 0.15) is 45.3 Å². The zero-order chi connectivity index (χ0) is 13.6. The smallest absolute Gasteiger partial charge is 0.0796 e. The fraction of sp³-hybridized carbons (Fsp3) is 0.533. The van der Waals surface area contributed by atoms with Gasteiger partial charge in [-0.25, -0.2) is 0 Å². The average molecular weight is 265 g/mol. The third-order valence-corrected chi connectivity index (χ3v) is 3.80. The number of benzene rings is 1. The standard InChI is InChI=1S/C15H23NOS/c1-12(13-8-5-4-6-9-13)17-11-7-10-15(2,3)14(16)18/h4-6,8-9,12H,7,10-11H2,1-3H3,(H2,16,18). The van der Waals surface area contributed by atoms with Crippen LogP contribution < -0.4 is 5.73 Å². The predicted octanol–water partition coefficient (Wildman–Crippen LogP) is 3.86. The Kier molecular flexibility index (Phi) is 5.76. The average Bonchev–Trinajstić information content (AvgIpc) is 2.35. The van der Waals surface area contributed by atoms with E-state index in [0.717, 1.165) is 19.4 Å². The first-order valence-electron chi connectivity index (χ1n) is 6.40. The first-order chi connectivity index (χ1) is 8.43. The van der Waals surface area contributed by atoms with Crippen LogP contribution >= 0.6 is 12.2 Å². The lowest BCUT2D eigenvalue weighted by atomic mass is 9.88. The van der Waals surface area contributed by atoms with Gasteiger partial charge < -0.3 is 10.5 Å². The van der Waals surface area contributed by atoms with Gasteiger partial charge in [0.05, 0.1) is 11.1 Å². The molecular formula is C15H23NOS.